The van der Waals surface area contributed by atoms with E-state index in [2.05, 4.69) is 0 Å². The van der Waals surface area contributed by atoms with Gasteiger partial charge in [-0.1, -0.05) is 0 Å². The zero-order valence-electron chi connectivity index (χ0n) is 11.4. The highest BCUT2D eigenvalue weighted by molar-refractivity contribution is 5.90. The number of carbonyl (C=O) groups excluding carboxylic acids is 2. The molecule has 2 heterocycles. The monoisotopic (exact) mass is 270 g/mol. The van der Waals surface area contributed by atoms with Gasteiger partial charge in [-0.2, -0.15) is 0 Å². The molecule has 0 saturated carbocycles. The third kappa shape index (κ3) is 2.45. The Hall–Kier alpha value is -1.56. The molecule has 1 fully saturated rings. The third-order valence-corrected chi connectivity index (χ3v) is 3.35. The Morgan fingerprint density at radius 2 is 2.16 bits per heavy atom. The van der Waals surface area contributed by atoms with Crippen molar-refractivity contribution in [1.82, 2.24) is 0 Å². The first-order chi connectivity index (χ1) is 9.00. The van der Waals surface area contributed by atoms with Crippen LogP contribution in [0.4, 0.5) is 0 Å². The third-order valence-electron chi connectivity index (χ3n) is 3.35. The molecule has 19 heavy (non-hydrogen) atoms. The van der Waals surface area contributed by atoms with Crippen molar-refractivity contribution in [2.75, 3.05) is 13.7 Å². The number of rotatable bonds is 2. The van der Waals surface area contributed by atoms with E-state index in [4.69, 9.17) is 18.9 Å². The normalized spacial score (nSPS) is 31.1. The Balaban J connectivity index is 2.41. The summed E-state index contributed by atoms with van der Waals surface area (Å²) < 4.78 is 21.6. The van der Waals surface area contributed by atoms with Crippen LogP contribution in [0.3, 0.4) is 0 Å². The minimum Gasteiger partial charge on any atom is -0.496 e. The van der Waals surface area contributed by atoms with Crippen LogP contribution in [0.15, 0.2) is 11.3 Å². The second-order valence-corrected chi connectivity index (χ2v) is 4.69. The highest BCUT2D eigenvalue weighted by atomic mass is 16.7. The van der Waals surface area contributed by atoms with Gasteiger partial charge in [0.2, 0.25) is 6.10 Å². The molecule has 2 aliphatic rings. The molecule has 6 nitrogen and oxygen atoms in total. The number of carbonyl (C=O) groups is 2. The summed E-state index contributed by atoms with van der Waals surface area (Å²) in [4.78, 5) is 23.2. The predicted octanol–water partition coefficient (Wildman–Crippen LogP) is 1.29. The lowest BCUT2D eigenvalue weighted by atomic mass is 9.94. The molecular formula is C13H18O6. The molecule has 1 saturated heterocycles. The molecule has 0 radical (unpaired) electrons. The van der Waals surface area contributed by atoms with Gasteiger partial charge in [-0.3, -0.25) is 4.79 Å². The lowest BCUT2D eigenvalue weighted by Gasteiger charge is -2.44. The minimum absolute atomic E-state index is 0.299. The van der Waals surface area contributed by atoms with Gasteiger partial charge in [-0.25, -0.2) is 4.79 Å². The molecular weight excluding hydrogens is 252 g/mol. The van der Waals surface area contributed by atoms with Crippen LogP contribution in [-0.4, -0.2) is 37.5 Å². The van der Waals surface area contributed by atoms with Crippen LogP contribution in [0.25, 0.3) is 0 Å². The maximum Gasteiger partial charge on any atom is 0.339 e. The summed E-state index contributed by atoms with van der Waals surface area (Å²) in [5.74, 6) is -1.92. The fourth-order valence-electron chi connectivity index (χ4n) is 2.43. The predicted molar refractivity (Wildman–Crippen MR) is 63.9 cm³/mol. The van der Waals surface area contributed by atoms with Crippen LogP contribution in [0.1, 0.15) is 33.1 Å². The van der Waals surface area contributed by atoms with Crippen LogP contribution in [-0.2, 0) is 28.5 Å². The average Bonchev–Trinajstić information content (AvgIpc) is 2.37. The van der Waals surface area contributed by atoms with Crippen molar-refractivity contribution in [3.63, 3.8) is 0 Å². The van der Waals surface area contributed by atoms with Crippen LogP contribution >= 0.6 is 0 Å². The Labute approximate surface area is 111 Å². The molecule has 0 aromatic heterocycles. The Kier molecular flexibility index (Phi) is 3.80. The van der Waals surface area contributed by atoms with E-state index in [1.54, 1.807) is 6.92 Å². The smallest absolute Gasteiger partial charge is 0.339 e. The number of esters is 2. The summed E-state index contributed by atoms with van der Waals surface area (Å²) in [6.07, 6.45) is 1.36. The van der Waals surface area contributed by atoms with Crippen LogP contribution < -0.4 is 0 Å². The number of hydrogen-bond donors (Lipinski definition) is 0. The fraction of sp³-hybridized carbons (Fsp3) is 0.692. The van der Waals surface area contributed by atoms with Crippen LogP contribution in [0.5, 0.6) is 0 Å². The lowest BCUT2D eigenvalue weighted by molar-refractivity contribution is -0.289. The molecule has 0 aromatic carbocycles. The standard InChI is InChI=1S/C13H18O6/c1-8-10(16-3)11(18-9(2)14)13(19-12(8)15)6-4-5-7-17-13/h11H,4-7H2,1-3H3/t11-,13-/m1/s1. The van der Waals surface area contributed by atoms with E-state index >= 15 is 0 Å². The molecule has 106 valence electrons. The van der Waals surface area contributed by atoms with Crippen molar-refractivity contribution in [3.05, 3.63) is 11.3 Å². The minimum atomic E-state index is -1.24. The quantitative estimate of drug-likeness (QED) is 0.704. The molecule has 0 unspecified atom stereocenters. The van der Waals surface area contributed by atoms with Crippen molar-refractivity contribution in [3.8, 4) is 0 Å². The van der Waals surface area contributed by atoms with Crippen molar-refractivity contribution >= 4 is 11.9 Å². The van der Waals surface area contributed by atoms with E-state index in [0.29, 0.717) is 24.4 Å². The second-order valence-electron chi connectivity index (χ2n) is 4.69. The van der Waals surface area contributed by atoms with Crippen LogP contribution in [0, 0.1) is 0 Å². The maximum atomic E-state index is 11.9. The van der Waals surface area contributed by atoms with E-state index in [-0.39, 0.29) is 0 Å². The molecule has 6 heteroatoms. The topological polar surface area (TPSA) is 71.1 Å². The average molecular weight is 270 g/mol. The fourth-order valence-corrected chi connectivity index (χ4v) is 2.43. The maximum absolute atomic E-state index is 11.9. The van der Waals surface area contributed by atoms with Crippen molar-refractivity contribution in [2.45, 2.75) is 45.0 Å². The summed E-state index contributed by atoms with van der Waals surface area (Å²) in [5, 5.41) is 0. The van der Waals surface area contributed by atoms with Gasteiger partial charge in [-0.15, -0.1) is 0 Å². The summed E-state index contributed by atoms with van der Waals surface area (Å²) in [7, 11) is 1.43. The molecule has 2 aliphatic heterocycles. The first-order valence-electron chi connectivity index (χ1n) is 6.29. The first kappa shape index (κ1) is 13.9. The SMILES string of the molecule is COC1=C(C)C(=O)O[C@]2(CCCCO2)[C@@H]1OC(C)=O. The Morgan fingerprint density at radius 1 is 1.42 bits per heavy atom. The number of ether oxygens (including phenoxy) is 4. The van der Waals surface area contributed by atoms with E-state index in [0.717, 1.165) is 12.8 Å². The molecule has 0 amide bonds. The van der Waals surface area contributed by atoms with Crippen molar-refractivity contribution < 1.29 is 28.5 Å². The van der Waals surface area contributed by atoms with Gasteiger partial charge in [0.25, 0.3) is 5.79 Å². The van der Waals surface area contributed by atoms with Crippen molar-refractivity contribution in [1.29, 1.82) is 0 Å². The van der Waals surface area contributed by atoms with E-state index in [1.807, 2.05) is 0 Å². The zero-order chi connectivity index (χ0) is 14.0. The van der Waals surface area contributed by atoms with E-state index in [9.17, 15) is 9.59 Å². The van der Waals surface area contributed by atoms with Crippen molar-refractivity contribution in [2.24, 2.45) is 0 Å². The largest absolute Gasteiger partial charge is 0.496 e. The van der Waals surface area contributed by atoms with Gasteiger partial charge in [0, 0.05) is 13.3 Å². The summed E-state index contributed by atoms with van der Waals surface area (Å²) >= 11 is 0. The highest BCUT2D eigenvalue weighted by Crippen LogP contribution is 2.40. The molecule has 1 spiro atoms. The highest BCUT2D eigenvalue weighted by Gasteiger charge is 2.54. The number of methoxy groups -OCH3 is 1. The van der Waals surface area contributed by atoms with Gasteiger partial charge in [0.15, 0.2) is 5.76 Å². The van der Waals surface area contributed by atoms with Gasteiger partial charge >= 0.3 is 11.9 Å². The van der Waals surface area contributed by atoms with Gasteiger partial charge in [0.1, 0.15) is 0 Å². The Bertz CT molecular complexity index is 419. The summed E-state index contributed by atoms with van der Waals surface area (Å²) in [6, 6.07) is 0. The summed E-state index contributed by atoms with van der Waals surface area (Å²) in [5.41, 5.74) is 0.300. The first-order valence-corrected chi connectivity index (χ1v) is 6.29. The van der Waals surface area contributed by atoms with Gasteiger partial charge < -0.3 is 18.9 Å². The number of hydrogen-bond acceptors (Lipinski definition) is 6. The van der Waals surface area contributed by atoms with E-state index < -0.39 is 23.8 Å². The van der Waals surface area contributed by atoms with Gasteiger partial charge in [0.05, 0.1) is 19.3 Å². The lowest BCUT2D eigenvalue weighted by Crippen LogP contribution is -2.56. The molecule has 0 aliphatic carbocycles. The van der Waals surface area contributed by atoms with Gasteiger partial charge in [-0.05, 0) is 19.8 Å². The molecule has 0 bridgehead atoms. The molecule has 0 aromatic rings. The molecule has 2 atom stereocenters. The molecule has 2 rings (SSSR count). The van der Waals surface area contributed by atoms with E-state index in [1.165, 1.54) is 14.0 Å². The summed E-state index contributed by atoms with van der Waals surface area (Å²) in [6.45, 7) is 3.34. The Morgan fingerprint density at radius 3 is 2.68 bits per heavy atom. The second kappa shape index (κ2) is 5.21. The zero-order valence-corrected chi connectivity index (χ0v) is 11.4. The van der Waals surface area contributed by atoms with Crippen LogP contribution in [0.2, 0.25) is 0 Å². The molecule has 0 N–H and O–H groups in total.